The third-order valence-corrected chi connectivity index (χ3v) is 7.70. The largest absolute Gasteiger partial charge is 0.481 e. The number of ether oxygens (including phenoxy) is 1. The summed E-state index contributed by atoms with van der Waals surface area (Å²) >= 11 is 1.21. The third-order valence-electron chi connectivity index (χ3n) is 6.37. The zero-order chi connectivity index (χ0) is 29.5. The number of nitrogens with zero attached hydrogens (tertiary/aromatic N) is 1. The molecule has 0 spiro atoms. The van der Waals surface area contributed by atoms with E-state index in [9.17, 15) is 27.9 Å². The van der Waals surface area contributed by atoms with Crippen LogP contribution in [0.25, 0.3) is 0 Å². The quantitative estimate of drug-likeness (QED) is 0.214. The molecule has 1 heterocycles. The van der Waals surface area contributed by atoms with E-state index in [0.29, 0.717) is 28.5 Å². The predicted molar refractivity (Wildman–Crippen MR) is 145 cm³/mol. The number of aryl methyl sites for hydroxylation is 1. The summed E-state index contributed by atoms with van der Waals surface area (Å²) in [5, 5.41) is 14.4. The average molecular weight is 585 g/mol. The van der Waals surface area contributed by atoms with Crippen LogP contribution in [-0.2, 0) is 31.1 Å². The van der Waals surface area contributed by atoms with E-state index >= 15 is 0 Å². The number of esters is 1. The Kier molecular flexibility index (Phi) is 11.4. The van der Waals surface area contributed by atoms with Crippen LogP contribution >= 0.6 is 11.3 Å². The Morgan fingerprint density at radius 2 is 1.79 bits per heavy atom. The molecule has 39 heavy (non-hydrogen) atoms. The first-order valence-corrected chi connectivity index (χ1v) is 14.7. The number of aromatic nitrogens is 1. The molecule has 2 rings (SSSR count). The number of carboxylic acid groups (broad SMARTS) is 1. The van der Waals surface area contributed by atoms with Crippen molar-refractivity contribution >= 4 is 39.6 Å². The Hall–Kier alpha value is -3.03. The summed E-state index contributed by atoms with van der Waals surface area (Å²) in [6.07, 6.45) is 0.347. The molecular weight excluding hydrogens is 548 g/mol. The molecule has 216 valence electrons. The van der Waals surface area contributed by atoms with Crippen molar-refractivity contribution in [2.45, 2.75) is 73.0 Å². The van der Waals surface area contributed by atoms with E-state index < -0.39 is 46.3 Å². The molecule has 2 aromatic rings. The Labute approximate surface area is 232 Å². The molecule has 13 heteroatoms. The molecule has 11 nitrogen and oxygen atoms in total. The lowest BCUT2D eigenvalue weighted by Crippen LogP contribution is -2.38. The van der Waals surface area contributed by atoms with Crippen LogP contribution in [0.5, 0.6) is 5.75 Å². The van der Waals surface area contributed by atoms with Gasteiger partial charge in [0, 0.05) is 18.3 Å². The summed E-state index contributed by atoms with van der Waals surface area (Å²) in [7, 11) is -4.69. The number of hydrogen-bond donors (Lipinski definition) is 3. The smallest absolute Gasteiger partial charge is 0.446 e. The van der Waals surface area contributed by atoms with Gasteiger partial charge < -0.3 is 19.3 Å². The molecule has 1 amide bonds. The lowest BCUT2D eigenvalue weighted by molar-refractivity contribution is -0.147. The number of rotatable bonds is 14. The van der Waals surface area contributed by atoms with Crippen molar-refractivity contribution in [2.75, 3.05) is 0 Å². The number of aliphatic carboxylic acids is 1. The van der Waals surface area contributed by atoms with Gasteiger partial charge >= 0.3 is 22.3 Å². The van der Waals surface area contributed by atoms with Gasteiger partial charge in [0.1, 0.15) is 16.5 Å². The number of carbonyl (C=O) groups excluding carboxylic acids is 2. The van der Waals surface area contributed by atoms with E-state index in [-0.39, 0.29) is 30.2 Å². The van der Waals surface area contributed by atoms with E-state index in [2.05, 4.69) is 35.3 Å². The molecule has 1 aromatic heterocycles. The van der Waals surface area contributed by atoms with Crippen molar-refractivity contribution < 1.29 is 41.4 Å². The molecule has 3 N–H and O–H groups in total. The van der Waals surface area contributed by atoms with Gasteiger partial charge in [0.05, 0.1) is 5.92 Å². The highest BCUT2D eigenvalue weighted by atomic mass is 32.3. The molecule has 0 aliphatic rings. The molecule has 1 unspecified atom stereocenters. The summed E-state index contributed by atoms with van der Waals surface area (Å²) < 4.78 is 41.0. The minimum atomic E-state index is -4.69. The third kappa shape index (κ3) is 10.6. The molecule has 0 bridgehead atoms. The normalized spacial score (nSPS) is 14.8. The van der Waals surface area contributed by atoms with Gasteiger partial charge in [-0.15, -0.1) is 11.3 Å². The van der Waals surface area contributed by atoms with Crippen LogP contribution in [0.1, 0.15) is 80.2 Å². The predicted octanol–water partition coefficient (Wildman–Crippen LogP) is 4.37. The van der Waals surface area contributed by atoms with E-state index in [4.69, 9.17) is 9.29 Å². The number of carboxylic acids is 1. The first kappa shape index (κ1) is 32.2. The van der Waals surface area contributed by atoms with Crippen LogP contribution in [0.15, 0.2) is 23.6 Å². The summed E-state index contributed by atoms with van der Waals surface area (Å²) in [6, 6.07) is 3.98. The van der Waals surface area contributed by atoms with Gasteiger partial charge in [0.25, 0.3) is 5.91 Å². The standard InChI is InChI=1S/C26H36N2O9S2/c1-14(2)15(3)11-23(36-18(6)29)25-28-21(13-38-25)24(30)27-20(10-17(5)26(31)32)12-19-7-8-22(16(4)9-19)37-39(33,34)35/h7-9,13-15,17,20,23H,10-12H2,1-6H3,(H,27,30)(H,31,32)(H,33,34,35)/t15-,17?,20-,23-/m1/s1. The van der Waals surface area contributed by atoms with Crippen LogP contribution in [0, 0.1) is 24.7 Å². The molecule has 0 radical (unpaired) electrons. The van der Waals surface area contributed by atoms with Gasteiger partial charge in [0.15, 0.2) is 6.10 Å². The lowest BCUT2D eigenvalue weighted by atomic mass is 9.92. The Morgan fingerprint density at radius 3 is 2.33 bits per heavy atom. The average Bonchev–Trinajstić information content (AvgIpc) is 3.29. The van der Waals surface area contributed by atoms with Gasteiger partial charge in [-0.2, -0.15) is 8.42 Å². The van der Waals surface area contributed by atoms with Gasteiger partial charge in [-0.25, -0.2) is 4.98 Å². The maximum Gasteiger partial charge on any atom is 0.446 e. The molecule has 1 aromatic carbocycles. The SMILES string of the molecule is CC(=O)O[C@H](C[C@@H](C)C(C)C)c1nc(C(=O)N[C@@H](Cc2ccc(OS(=O)(=O)O)c(C)c2)CC(C)C(=O)O)cs1. The number of nitrogens with one attached hydrogen (secondary N) is 1. The number of thiazole rings is 1. The van der Waals surface area contributed by atoms with Crippen molar-refractivity contribution in [2.24, 2.45) is 17.8 Å². The summed E-state index contributed by atoms with van der Waals surface area (Å²) in [5.74, 6) is -2.15. The van der Waals surface area contributed by atoms with Crippen LogP contribution < -0.4 is 9.50 Å². The van der Waals surface area contributed by atoms with E-state index in [1.807, 2.05) is 0 Å². The van der Waals surface area contributed by atoms with Crippen molar-refractivity contribution in [1.29, 1.82) is 0 Å². The fourth-order valence-corrected chi connectivity index (χ4v) is 5.11. The molecule has 0 fully saturated rings. The zero-order valence-electron chi connectivity index (χ0n) is 22.8. The van der Waals surface area contributed by atoms with E-state index in [0.717, 1.165) is 0 Å². The summed E-state index contributed by atoms with van der Waals surface area (Å²) in [6.45, 7) is 10.7. The van der Waals surface area contributed by atoms with Gasteiger partial charge in [-0.05, 0) is 55.2 Å². The number of benzene rings is 1. The fourth-order valence-electron chi connectivity index (χ4n) is 3.86. The van der Waals surface area contributed by atoms with Crippen LogP contribution in [0.3, 0.4) is 0 Å². The van der Waals surface area contributed by atoms with Crippen molar-refractivity contribution in [3.63, 3.8) is 0 Å². The van der Waals surface area contributed by atoms with Crippen LogP contribution in [0.2, 0.25) is 0 Å². The van der Waals surface area contributed by atoms with E-state index in [1.54, 1.807) is 24.4 Å². The highest BCUT2D eigenvalue weighted by Crippen LogP contribution is 2.31. The Balaban J connectivity index is 2.24. The van der Waals surface area contributed by atoms with Crippen molar-refractivity contribution in [1.82, 2.24) is 10.3 Å². The highest BCUT2D eigenvalue weighted by Gasteiger charge is 2.26. The number of amides is 1. The van der Waals surface area contributed by atoms with Crippen LogP contribution in [-0.4, -0.2) is 46.9 Å². The lowest BCUT2D eigenvalue weighted by Gasteiger charge is -2.22. The molecule has 0 saturated heterocycles. The molecule has 0 aliphatic heterocycles. The summed E-state index contributed by atoms with van der Waals surface area (Å²) in [5.41, 5.74) is 1.25. The fraction of sp³-hybridized carbons (Fsp3) is 0.538. The second kappa shape index (κ2) is 13.9. The molecular formula is C26H36N2O9S2. The first-order chi connectivity index (χ1) is 18.1. The van der Waals surface area contributed by atoms with Gasteiger partial charge in [-0.3, -0.25) is 18.9 Å². The van der Waals surface area contributed by atoms with Gasteiger partial charge in [0.2, 0.25) is 0 Å². The maximum atomic E-state index is 13.1. The number of hydrogen-bond acceptors (Lipinski definition) is 9. The monoisotopic (exact) mass is 584 g/mol. The second-order valence-corrected chi connectivity index (χ2v) is 12.0. The Bertz CT molecular complexity index is 1270. The first-order valence-electron chi connectivity index (χ1n) is 12.5. The Morgan fingerprint density at radius 1 is 1.13 bits per heavy atom. The topological polar surface area (TPSA) is 169 Å². The van der Waals surface area contributed by atoms with Gasteiger partial charge in [-0.1, -0.05) is 39.8 Å². The summed E-state index contributed by atoms with van der Waals surface area (Å²) in [4.78, 5) is 40.8. The van der Waals surface area contributed by atoms with Crippen LogP contribution in [0.4, 0.5) is 0 Å². The van der Waals surface area contributed by atoms with Crippen molar-refractivity contribution in [3.05, 3.63) is 45.4 Å². The number of carbonyl (C=O) groups is 3. The minimum absolute atomic E-state index is 0.0511. The zero-order valence-corrected chi connectivity index (χ0v) is 24.5. The molecule has 0 aliphatic carbocycles. The second-order valence-electron chi connectivity index (χ2n) is 10.1. The minimum Gasteiger partial charge on any atom is -0.481 e. The molecule has 0 saturated carbocycles. The highest BCUT2D eigenvalue weighted by molar-refractivity contribution is 7.81. The molecule has 4 atom stereocenters. The van der Waals surface area contributed by atoms with E-state index in [1.165, 1.54) is 31.3 Å². The maximum absolute atomic E-state index is 13.1. The van der Waals surface area contributed by atoms with Crippen molar-refractivity contribution in [3.8, 4) is 5.75 Å².